The number of methoxy groups -OCH3 is 1. The van der Waals surface area contributed by atoms with Crippen LogP contribution in [0.1, 0.15) is 17.3 Å². The standard InChI is InChI=1S/C18H26N4O3/c1-4-25-17-14(18(23)19-7-8-24-3)5-6-16-15(17)12-22(20-16)11-13-9-21(2)10-13/h5-6,12-13H,4,7-11H2,1-3H3,(H,19,23). The molecule has 0 unspecified atom stereocenters. The molecule has 1 aromatic carbocycles. The van der Waals surface area contributed by atoms with Gasteiger partial charge in [-0.1, -0.05) is 0 Å². The van der Waals surface area contributed by atoms with E-state index in [4.69, 9.17) is 9.47 Å². The molecule has 7 nitrogen and oxygen atoms in total. The molecule has 0 spiro atoms. The number of hydrogen-bond acceptors (Lipinski definition) is 5. The van der Waals surface area contributed by atoms with Gasteiger partial charge in [-0.3, -0.25) is 9.48 Å². The molecule has 1 aromatic heterocycles. The summed E-state index contributed by atoms with van der Waals surface area (Å²) in [5, 5.41) is 8.38. The van der Waals surface area contributed by atoms with Crippen molar-refractivity contribution in [1.82, 2.24) is 20.0 Å². The molecule has 25 heavy (non-hydrogen) atoms. The maximum absolute atomic E-state index is 12.5. The van der Waals surface area contributed by atoms with Gasteiger partial charge in [-0.05, 0) is 26.1 Å². The Hall–Kier alpha value is -2.12. The highest BCUT2D eigenvalue weighted by Gasteiger charge is 2.24. The first-order valence-electron chi connectivity index (χ1n) is 8.71. The molecule has 136 valence electrons. The maximum Gasteiger partial charge on any atom is 0.255 e. The van der Waals surface area contributed by atoms with Crippen molar-refractivity contribution in [2.24, 2.45) is 5.92 Å². The smallest absolute Gasteiger partial charge is 0.255 e. The zero-order valence-electron chi connectivity index (χ0n) is 15.1. The van der Waals surface area contributed by atoms with Gasteiger partial charge in [0.05, 0.1) is 29.7 Å². The Bertz CT molecular complexity index is 737. The predicted octanol–water partition coefficient (Wildman–Crippen LogP) is 1.37. The van der Waals surface area contributed by atoms with Crippen molar-refractivity contribution < 1.29 is 14.3 Å². The number of rotatable bonds is 8. The first-order chi connectivity index (χ1) is 12.1. The lowest BCUT2D eigenvalue weighted by molar-refractivity contribution is 0.0933. The summed E-state index contributed by atoms with van der Waals surface area (Å²) in [6, 6.07) is 3.66. The Morgan fingerprint density at radius 2 is 2.20 bits per heavy atom. The summed E-state index contributed by atoms with van der Waals surface area (Å²) in [5.41, 5.74) is 1.39. The molecule has 2 aromatic rings. The Labute approximate surface area is 147 Å². The normalized spacial score (nSPS) is 15.3. The number of likely N-dealkylation sites (tertiary alicyclic amines) is 1. The Morgan fingerprint density at radius 1 is 1.40 bits per heavy atom. The lowest BCUT2D eigenvalue weighted by atomic mass is 10.0. The van der Waals surface area contributed by atoms with Crippen molar-refractivity contribution in [3.8, 4) is 5.75 Å². The number of nitrogens with zero attached hydrogens (tertiary/aromatic N) is 3. The highest BCUT2D eigenvalue weighted by molar-refractivity contribution is 6.03. The molecule has 0 atom stereocenters. The van der Waals surface area contributed by atoms with Crippen LogP contribution in [-0.2, 0) is 11.3 Å². The van der Waals surface area contributed by atoms with Gasteiger partial charge in [0.1, 0.15) is 5.75 Å². The molecule has 3 rings (SSSR count). The average molecular weight is 346 g/mol. The number of carbonyl (C=O) groups is 1. The quantitative estimate of drug-likeness (QED) is 0.731. The van der Waals surface area contributed by atoms with E-state index < -0.39 is 0 Å². The molecule has 7 heteroatoms. The number of fused-ring (bicyclic) bond motifs is 1. The summed E-state index contributed by atoms with van der Waals surface area (Å²) >= 11 is 0. The first kappa shape index (κ1) is 17.7. The molecular weight excluding hydrogens is 320 g/mol. The Balaban J connectivity index is 1.84. The van der Waals surface area contributed by atoms with Crippen LogP contribution in [0.15, 0.2) is 18.3 Å². The topological polar surface area (TPSA) is 68.6 Å². The van der Waals surface area contributed by atoms with Crippen molar-refractivity contribution in [3.63, 3.8) is 0 Å². The van der Waals surface area contributed by atoms with Crippen LogP contribution >= 0.6 is 0 Å². The fraction of sp³-hybridized carbons (Fsp3) is 0.556. The monoisotopic (exact) mass is 346 g/mol. The van der Waals surface area contributed by atoms with E-state index in [2.05, 4.69) is 22.4 Å². The van der Waals surface area contributed by atoms with E-state index >= 15 is 0 Å². The molecular formula is C18H26N4O3. The van der Waals surface area contributed by atoms with Crippen LogP contribution in [0, 0.1) is 5.92 Å². The number of ether oxygens (including phenoxy) is 2. The van der Waals surface area contributed by atoms with E-state index in [-0.39, 0.29) is 5.91 Å². The van der Waals surface area contributed by atoms with Gasteiger partial charge >= 0.3 is 0 Å². The fourth-order valence-corrected chi connectivity index (χ4v) is 3.26. The number of aromatic nitrogens is 2. The van der Waals surface area contributed by atoms with Crippen molar-refractivity contribution >= 4 is 16.8 Å². The minimum absolute atomic E-state index is 0.157. The summed E-state index contributed by atoms with van der Waals surface area (Å²) in [6.45, 7) is 6.44. The van der Waals surface area contributed by atoms with Crippen LogP contribution in [0.4, 0.5) is 0 Å². The molecule has 1 saturated heterocycles. The van der Waals surface area contributed by atoms with Crippen molar-refractivity contribution in [1.29, 1.82) is 0 Å². The van der Waals surface area contributed by atoms with Gasteiger partial charge in [0, 0.05) is 45.4 Å². The molecule has 1 fully saturated rings. The zero-order valence-corrected chi connectivity index (χ0v) is 15.1. The second-order valence-corrected chi connectivity index (χ2v) is 6.50. The maximum atomic E-state index is 12.5. The van der Waals surface area contributed by atoms with Crippen molar-refractivity contribution in [2.75, 3.05) is 47.0 Å². The number of nitrogens with one attached hydrogen (secondary N) is 1. The van der Waals surface area contributed by atoms with Crippen LogP contribution in [0.25, 0.3) is 10.9 Å². The number of carbonyl (C=O) groups excluding carboxylic acids is 1. The summed E-state index contributed by atoms with van der Waals surface area (Å²) in [7, 11) is 3.73. The largest absolute Gasteiger partial charge is 0.492 e. The molecule has 1 amide bonds. The zero-order chi connectivity index (χ0) is 17.8. The van der Waals surface area contributed by atoms with Gasteiger partial charge in [0.25, 0.3) is 5.91 Å². The summed E-state index contributed by atoms with van der Waals surface area (Å²) in [5.74, 6) is 1.08. The van der Waals surface area contributed by atoms with E-state index in [1.54, 1.807) is 13.2 Å². The van der Waals surface area contributed by atoms with E-state index in [9.17, 15) is 4.79 Å². The van der Waals surface area contributed by atoms with Crippen LogP contribution in [0.2, 0.25) is 0 Å². The molecule has 0 aliphatic carbocycles. The summed E-state index contributed by atoms with van der Waals surface area (Å²) in [4.78, 5) is 14.7. The van der Waals surface area contributed by atoms with Gasteiger partial charge in [-0.15, -0.1) is 0 Å². The van der Waals surface area contributed by atoms with Gasteiger partial charge < -0.3 is 19.7 Å². The summed E-state index contributed by atoms with van der Waals surface area (Å²) in [6.07, 6.45) is 1.99. The lowest BCUT2D eigenvalue weighted by Crippen LogP contribution is -2.45. The highest BCUT2D eigenvalue weighted by Crippen LogP contribution is 2.30. The average Bonchev–Trinajstić information content (AvgIpc) is 2.97. The number of hydrogen-bond donors (Lipinski definition) is 1. The number of amides is 1. The van der Waals surface area contributed by atoms with E-state index in [1.807, 2.05) is 23.9 Å². The van der Waals surface area contributed by atoms with E-state index in [0.29, 0.717) is 37.0 Å². The first-order valence-corrected chi connectivity index (χ1v) is 8.71. The van der Waals surface area contributed by atoms with Crippen molar-refractivity contribution in [2.45, 2.75) is 13.5 Å². The van der Waals surface area contributed by atoms with Gasteiger partial charge in [-0.25, -0.2) is 0 Å². The number of benzene rings is 1. The van der Waals surface area contributed by atoms with Gasteiger partial charge in [0.2, 0.25) is 0 Å². The molecule has 0 saturated carbocycles. The minimum atomic E-state index is -0.157. The lowest BCUT2D eigenvalue weighted by Gasteiger charge is -2.35. The second-order valence-electron chi connectivity index (χ2n) is 6.50. The molecule has 1 aliphatic heterocycles. The molecule has 1 aliphatic rings. The highest BCUT2D eigenvalue weighted by atomic mass is 16.5. The Morgan fingerprint density at radius 3 is 2.88 bits per heavy atom. The molecule has 2 heterocycles. The van der Waals surface area contributed by atoms with Crippen molar-refractivity contribution in [3.05, 3.63) is 23.9 Å². The molecule has 1 N–H and O–H groups in total. The third kappa shape index (κ3) is 3.93. The Kier molecular flexibility index (Phi) is 5.55. The van der Waals surface area contributed by atoms with Gasteiger partial charge in [-0.2, -0.15) is 5.10 Å². The van der Waals surface area contributed by atoms with Crippen LogP contribution < -0.4 is 10.1 Å². The van der Waals surface area contributed by atoms with Crippen LogP contribution in [0.5, 0.6) is 5.75 Å². The third-order valence-corrected chi connectivity index (χ3v) is 4.40. The van der Waals surface area contributed by atoms with Gasteiger partial charge in [0.15, 0.2) is 0 Å². The predicted molar refractivity (Wildman–Crippen MR) is 96.1 cm³/mol. The van der Waals surface area contributed by atoms with Crippen LogP contribution in [-0.4, -0.2) is 67.6 Å². The van der Waals surface area contributed by atoms with Crippen LogP contribution in [0.3, 0.4) is 0 Å². The van der Waals surface area contributed by atoms with E-state index in [0.717, 1.165) is 30.5 Å². The molecule has 0 radical (unpaired) electrons. The minimum Gasteiger partial charge on any atom is -0.492 e. The van der Waals surface area contributed by atoms with E-state index in [1.165, 1.54) is 0 Å². The third-order valence-electron chi connectivity index (χ3n) is 4.40. The fourth-order valence-electron chi connectivity index (χ4n) is 3.26. The second kappa shape index (κ2) is 7.84. The SMILES string of the molecule is CCOc1c(C(=O)NCCOC)ccc2nn(CC3CN(C)C3)cc12. The molecule has 0 bridgehead atoms. The summed E-state index contributed by atoms with van der Waals surface area (Å²) < 4.78 is 12.7.